The molecule has 0 aliphatic carbocycles. The van der Waals surface area contributed by atoms with Crippen LogP contribution in [0, 0.1) is 5.82 Å². The van der Waals surface area contributed by atoms with Gasteiger partial charge < -0.3 is 10.8 Å². The van der Waals surface area contributed by atoms with Crippen LogP contribution in [0.4, 0.5) is 4.39 Å². The van der Waals surface area contributed by atoms with E-state index in [0.29, 0.717) is 12.0 Å². The van der Waals surface area contributed by atoms with E-state index in [4.69, 9.17) is 17.3 Å². The SMILES string of the molecule is CC[C@H](N)[C@H](O)c1ccc(F)cc1Cl. The summed E-state index contributed by atoms with van der Waals surface area (Å²) >= 11 is 5.77. The first-order valence-electron chi connectivity index (χ1n) is 4.44. The maximum absolute atomic E-state index is 12.7. The zero-order chi connectivity index (χ0) is 10.7. The Morgan fingerprint density at radius 1 is 1.57 bits per heavy atom. The average Bonchev–Trinajstić information content (AvgIpc) is 2.15. The lowest BCUT2D eigenvalue weighted by Gasteiger charge is -2.18. The summed E-state index contributed by atoms with van der Waals surface area (Å²) < 4.78 is 12.7. The fraction of sp³-hybridized carbons (Fsp3) is 0.400. The van der Waals surface area contributed by atoms with Gasteiger partial charge in [-0.05, 0) is 18.6 Å². The average molecular weight is 218 g/mol. The normalized spacial score (nSPS) is 15.2. The molecule has 2 nitrogen and oxygen atoms in total. The first-order valence-corrected chi connectivity index (χ1v) is 4.82. The van der Waals surface area contributed by atoms with Gasteiger partial charge in [-0.15, -0.1) is 0 Å². The molecule has 1 rings (SSSR count). The first kappa shape index (κ1) is 11.4. The van der Waals surface area contributed by atoms with Crippen molar-refractivity contribution >= 4 is 11.6 Å². The van der Waals surface area contributed by atoms with Crippen molar-refractivity contribution in [3.8, 4) is 0 Å². The zero-order valence-corrected chi connectivity index (χ0v) is 8.63. The molecule has 78 valence electrons. The molecule has 0 radical (unpaired) electrons. The molecule has 0 saturated carbocycles. The van der Waals surface area contributed by atoms with E-state index in [9.17, 15) is 9.50 Å². The molecule has 0 aromatic heterocycles. The number of aliphatic hydroxyl groups excluding tert-OH is 1. The molecule has 0 amide bonds. The summed E-state index contributed by atoms with van der Waals surface area (Å²) in [6, 6.07) is 3.51. The van der Waals surface area contributed by atoms with E-state index in [2.05, 4.69) is 0 Å². The fourth-order valence-electron chi connectivity index (χ4n) is 1.20. The third-order valence-corrected chi connectivity index (χ3v) is 2.49. The number of nitrogens with two attached hydrogens (primary N) is 1. The van der Waals surface area contributed by atoms with Gasteiger partial charge in [-0.2, -0.15) is 0 Å². The molecule has 0 aliphatic rings. The lowest BCUT2D eigenvalue weighted by atomic mass is 10.0. The third kappa shape index (κ3) is 2.44. The fourth-order valence-corrected chi connectivity index (χ4v) is 1.47. The Morgan fingerprint density at radius 2 is 2.21 bits per heavy atom. The second kappa shape index (κ2) is 4.73. The molecule has 1 aromatic carbocycles. The molecule has 0 saturated heterocycles. The van der Waals surface area contributed by atoms with Gasteiger partial charge in [0.15, 0.2) is 0 Å². The molecule has 4 heteroatoms. The second-order valence-corrected chi connectivity index (χ2v) is 3.59. The van der Waals surface area contributed by atoms with E-state index in [1.165, 1.54) is 18.2 Å². The number of rotatable bonds is 3. The highest BCUT2D eigenvalue weighted by Crippen LogP contribution is 2.26. The summed E-state index contributed by atoms with van der Waals surface area (Å²) in [6.07, 6.45) is -0.206. The maximum Gasteiger partial charge on any atom is 0.124 e. The zero-order valence-electron chi connectivity index (χ0n) is 7.87. The summed E-state index contributed by atoms with van der Waals surface area (Å²) in [5, 5.41) is 9.94. The van der Waals surface area contributed by atoms with Crippen LogP contribution >= 0.6 is 11.6 Å². The van der Waals surface area contributed by atoms with Crippen LogP contribution < -0.4 is 5.73 Å². The first-order chi connectivity index (χ1) is 6.56. The minimum Gasteiger partial charge on any atom is -0.387 e. The summed E-state index contributed by atoms with van der Waals surface area (Å²) in [5.74, 6) is -0.420. The van der Waals surface area contributed by atoms with Crippen molar-refractivity contribution in [1.29, 1.82) is 0 Å². The summed E-state index contributed by atoms with van der Waals surface area (Å²) in [5.41, 5.74) is 6.13. The summed E-state index contributed by atoms with van der Waals surface area (Å²) in [4.78, 5) is 0. The number of aliphatic hydroxyl groups is 1. The van der Waals surface area contributed by atoms with Crippen molar-refractivity contribution in [2.75, 3.05) is 0 Å². The minimum atomic E-state index is -0.840. The van der Waals surface area contributed by atoms with Gasteiger partial charge in [0.05, 0.1) is 6.10 Å². The summed E-state index contributed by atoms with van der Waals surface area (Å²) in [6.45, 7) is 1.87. The Morgan fingerprint density at radius 3 is 2.71 bits per heavy atom. The van der Waals surface area contributed by atoms with Crippen LogP contribution in [0.15, 0.2) is 18.2 Å². The van der Waals surface area contributed by atoms with Crippen molar-refractivity contribution < 1.29 is 9.50 Å². The molecule has 0 spiro atoms. The van der Waals surface area contributed by atoms with E-state index in [-0.39, 0.29) is 11.1 Å². The number of benzene rings is 1. The van der Waals surface area contributed by atoms with Gasteiger partial charge in [-0.1, -0.05) is 24.6 Å². The van der Waals surface area contributed by atoms with E-state index >= 15 is 0 Å². The molecule has 14 heavy (non-hydrogen) atoms. The molecule has 0 aliphatic heterocycles. The molecular formula is C10H13ClFNO. The van der Waals surface area contributed by atoms with Crippen LogP contribution in [0.5, 0.6) is 0 Å². The van der Waals surface area contributed by atoms with Gasteiger partial charge in [-0.25, -0.2) is 4.39 Å². The number of halogens is 2. The summed E-state index contributed by atoms with van der Waals surface area (Å²) in [7, 11) is 0. The Balaban J connectivity index is 2.95. The quantitative estimate of drug-likeness (QED) is 0.816. The Labute approximate surface area is 87.5 Å². The third-order valence-electron chi connectivity index (χ3n) is 2.16. The Kier molecular flexibility index (Phi) is 3.86. The highest BCUT2D eigenvalue weighted by atomic mass is 35.5. The van der Waals surface area contributed by atoms with Crippen molar-refractivity contribution in [2.45, 2.75) is 25.5 Å². The van der Waals surface area contributed by atoms with Crippen LogP contribution in [-0.4, -0.2) is 11.1 Å². The monoisotopic (exact) mass is 217 g/mol. The predicted octanol–water partition coefficient (Wildman–Crippen LogP) is 2.25. The maximum atomic E-state index is 12.7. The molecule has 0 unspecified atom stereocenters. The molecule has 1 aromatic rings. The highest BCUT2D eigenvalue weighted by Gasteiger charge is 2.17. The van der Waals surface area contributed by atoms with Crippen molar-refractivity contribution in [1.82, 2.24) is 0 Å². The molecule has 2 atom stereocenters. The van der Waals surface area contributed by atoms with E-state index in [0.717, 1.165) is 0 Å². The van der Waals surface area contributed by atoms with Gasteiger partial charge >= 0.3 is 0 Å². The molecular weight excluding hydrogens is 205 g/mol. The minimum absolute atomic E-state index is 0.210. The van der Waals surface area contributed by atoms with Gasteiger partial charge in [0, 0.05) is 16.6 Å². The van der Waals surface area contributed by atoms with Crippen LogP contribution in [0.25, 0.3) is 0 Å². The van der Waals surface area contributed by atoms with Crippen molar-refractivity contribution in [3.05, 3.63) is 34.6 Å². The van der Waals surface area contributed by atoms with E-state index < -0.39 is 11.9 Å². The van der Waals surface area contributed by atoms with Crippen LogP contribution in [0.3, 0.4) is 0 Å². The highest BCUT2D eigenvalue weighted by molar-refractivity contribution is 6.31. The van der Waals surface area contributed by atoms with Crippen LogP contribution in [0.2, 0.25) is 5.02 Å². The van der Waals surface area contributed by atoms with Crippen LogP contribution in [-0.2, 0) is 0 Å². The van der Waals surface area contributed by atoms with Crippen molar-refractivity contribution in [3.63, 3.8) is 0 Å². The molecule has 0 bridgehead atoms. The van der Waals surface area contributed by atoms with Gasteiger partial charge in [-0.3, -0.25) is 0 Å². The molecule has 3 N–H and O–H groups in total. The second-order valence-electron chi connectivity index (χ2n) is 3.18. The van der Waals surface area contributed by atoms with Crippen LogP contribution in [0.1, 0.15) is 25.0 Å². The largest absolute Gasteiger partial charge is 0.387 e. The van der Waals surface area contributed by atoms with E-state index in [1.807, 2.05) is 6.92 Å². The van der Waals surface area contributed by atoms with Gasteiger partial charge in [0.25, 0.3) is 0 Å². The number of hydrogen-bond acceptors (Lipinski definition) is 2. The standard InChI is InChI=1S/C10H13ClFNO/c1-2-9(13)10(14)7-4-3-6(12)5-8(7)11/h3-5,9-10,14H,2,13H2,1H3/t9-,10+/m0/s1. The Bertz CT molecular complexity index is 319. The van der Waals surface area contributed by atoms with E-state index in [1.54, 1.807) is 0 Å². The van der Waals surface area contributed by atoms with Gasteiger partial charge in [0.1, 0.15) is 5.82 Å². The Hall–Kier alpha value is -0.640. The lowest BCUT2D eigenvalue weighted by molar-refractivity contribution is 0.144. The number of hydrogen-bond donors (Lipinski definition) is 2. The smallest absolute Gasteiger partial charge is 0.124 e. The molecule has 0 fully saturated rings. The van der Waals surface area contributed by atoms with Gasteiger partial charge in [0.2, 0.25) is 0 Å². The predicted molar refractivity (Wildman–Crippen MR) is 54.6 cm³/mol. The van der Waals surface area contributed by atoms with Crippen molar-refractivity contribution in [2.24, 2.45) is 5.73 Å². The topological polar surface area (TPSA) is 46.2 Å². The lowest BCUT2D eigenvalue weighted by Crippen LogP contribution is -2.27. The molecule has 0 heterocycles.